The predicted molar refractivity (Wildman–Crippen MR) is 149 cm³/mol. The Kier molecular flexibility index (Phi) is 8.58. The Morgan fingerprint density at radius 1 is 0.925 bits per heavy atom. The zero-order valence-corrected chi connectivity index (χ0v) is 22.6. The van der Waals surface area contributed by atoms with Crippen LogP contribution >= 0.6 is 0 Å². The molecule has 208 valence electrons. The van der Waals surface area contributed by atoms with E-state index in [0.717, 1.165) is 16.3 Å². The number of amides is 2. The second kappa shape index (κ2) is 11.9. The van der Waals surface area contributed by atoms with Crippen molar-refractivity contribution in [3.63, 3.8) is 0 Å². The Morgan fingerprint density at radius 3 is 2.33 bits per heavy atom. The van der Waals surface area contributed by atoms with Crippen molar-refractivity contribution in [2.75, 3.05) is 11.9 Å². The molecular weight excluding hydrogens is 538 g/mol. The number of anilines is 1. The van der Waals surface area contributed by atoms with Crippen LogP contribution in [0.1, 0.15) is 34.5 Å². The van der Waals surface area contributed by atoms with E-state index < -0.39 is 45.0 Å². The van der Waals surface area contributed by atoms with Gasteiger partial charge in [0.2, 0.25) is 15.9 Å². The molecule has 0 heterocycles. The molecule has 0 radical (unpaired) electrons. The number of sulfonamides is 1. The lowest BCUT2D eigenvalue weighted by Crippen LogP contribution is -2.45. The number of hydrogen-bond acceptors (Lipinski definition) is 5. The molecule has 4 rings (SSSR count). The number of rotatable bonds is 9. The lowest BCUT2D eigenvalue weighted by molar-refractivity contribution is -0.117. The van der Waals surface area contributed by atoms with Crippen LogP contribution in [0.25, 0.3) is 10.8 Å². The maximum Gasteiger partial charge on any atom is 0.252 e. The first-order valence-corrected chi connectivity index (χ1v) is 13.8. The molecule has 0 unspecified atom stereocenters. The van der Waals surface area contributed by atoms with Gasteiger partial charge in [-0.05, 0) is 60.0 Å². The van der Waals surface area contributed by atoms with Crippen molar-refractivity contribution in [3.8, 4) is 0 Å². The van der Waals surface area contributed by atoms with Crippen LogP contribution in [-0.4, -0.2) is 32.8 Å². The van der Waals surface area contributed by atoms with Gasteiger partial charge in [-0.2, -0.15) is 0 Å². The highest BCUT2D eigenvalue weighted by Crippen LogP contribution is 2.25. The number of carbonyl (C=O) groups excluding carboxylic acids is 2. The SMILES string of the molecule is Cc1ccc(NC(=O)[C@@H](N)CNS(=O)(=O)c2cc(F)cc(F)c2)cc1C(=O)N[C@H](C)c1cccc2ccccc12. The van der Waals surface area contributed by atoms with E-state index in [2.05, 4.69) is 15.4 Å². The van der Waals surface area contributed by atoms with Crippen LogP contribution in [0.3, 0.4) is 0 Å². The van der Waals surface area contributed by atoms with Crippen LogP contribution in [0.5, 0.6) is 0 Å². The summed E-state index contributed by atoms with van der Waals surface area (Å²) in [6.45, 7) is 3.12. The summed E-state index contributed by atoms with van der Waals surface area (Å²) < 4.78 is 53.6. The number of hydrogen-bond donors (Lipinski definition) is 4. The monoisotopic (exact) mass is 566 g/mol. The minimum atomic E-state index is -4.32. The first-order valence-electron chi connectivity index (χ1n) is 12.4. The van der Waals surface area contributed by atoms with E-state index in [0.29, 0.717) is 29.3 Å². The highest BCUT2D eigenvalue weighted by Gasteiger charge is 2.22. The minimum Gasteiger partial charge on any atom is -0.345 e. The summed E-state index contributed by atoms with van der Waals surface area (Å²) in [4.78, 5) is 25.2. The molecule has 8 nitrogen and oxygen atoms in total. The molecule has 5 N–H and O–H groups in total. The molecule has 0 saturated carbocycles. The van der Waals surface area contributed by atoms with Gasteiger partial charge in [-0.25, -0.2) is 21.9 Å². The molecule has 11 heteroatoms. The number of halogens is 2. The highest BCUT2D eigenvalue weighted by atomic mass is 32.2. The fourth-order valence-corrected chi connectivity index (χ4v) is 5.32. The van der Waals surface area contributed by atoms with Gasteiger partial charge in [0.1, 0.15) is 11.6 Å². The van der Waals surface area contributed by atoms with Gasteiger partial charge >= 0.3 is 0 Å². The molecule has 0 fully saturated rings. The van der Waals surface area contributed by atoms with Crippen LogP contribution in [-0.2, 0) is 14.8 Å². The summed E-state index contributed by atoms with van der Waals surface area (Å²) in [7, 11) is -4.32. The zero-order chi connectivity index (χ0) is 29.0. The number of aryl methyl sites for hydroxylation is 1. The van der Waals surface area contributed by atoms with Gasteiger partial charge in [-0.3, -0.25) is 9.59 Å². The van der Waals surface area contributed by atoms with Crippen molar-refractivity contribution in [3.05, 3.63) is 107 Å². The molecule has 2 amide bonds. The van der Waals surface area contributed by atoms with Gasteiger partial charge in [-0.15, -0.1) is 0 Å². The second-order valence-electron chi connectivity index (χ2n) is 9.35. The highest BCUT2D eigenvalue weighted by molar-refractivity contribution is 7.89. The fourth-order valence-electron chi connectivity index (χ4n) is 4.22. The third-order valence-electron chi connectivity index (χ3n) is 6.36. The molecule has 0 bridgehead atoms. The van der Waals surface area contributed by atoms with Gasteiger partial charge in [0.15, 0.2) is 0 Å². The quantitative estimate of drug-likeness (QED) is 0.242. The fraction of sp³-hybridized carbons (Fsp3) is 0.172. The Morgan fingerprint density at radius 2 is 1.60 bits per heavy atom. The maximum atomic E-state index is 13.4. The Balaban J connectivity index is 1.41. The van der Waals surface area contributed by atoms with Gasteiger partial charge in [0, 0.05) is 23.9 Å². The van der Waals surface area contributed by atoms with E-state index in [1.807, 2.05) is 49.4 Å². The predicted octanol–water partition coefficient (Wildman–Crippen LogP) is 4.16. The molecule has 40 heavy (non-hydrogen) atoms. The van der Waals surface area contributed by atoms with E-state index >= 15 is 0 Å². The van der Waals surface area contributed by atoms with Crippen molar-refractivity contribution < 1.29 is 26.8 Å². The van der Waals surface area contributed by atoms with Crippen molar-refractivity contribution in [2.45, 2.75) is 30.8 Å². The Hall–Kier alpha value is -4.19. The number of nitrogens with two attached hydrogens (primary N) is 1. The van der Waals surface area contributed by atoms with Gasteiger partial charge in [0.25, 0.3) is 5.91 Å². The maximum absolute atomic E-state index is 13.4. The van der Waals surface area contributed by atoms with E-state index in [1.165, 1.54) is 6.07 Å². The van der Waals surface area contributed by atoms with E-state index in [9.17, 15) is 26.8 Å². The Bertz CT molecular complexity index is 1670. The average Bonchev–Trinajstić information content (AvgIpc) is 2.91. The van der Waals surface area contributed by atoms with Gasteiger partial charge < -0.3 is 16.4 Å². The van der Waals surface area contributed by atoms with Crippen molar-refractivity contribution in [1.29, 1.82) is 0 Å². The largest absolute Gasteiger partial charge is 0.345 e. The van der Waals surface area contributed by atoms with Crippen molar-refractivity contribution in [1.82, 2.24) is 10.0 Å². The summed E-state index contributed by atoms with van der Waals surface area (Å²) >= 11 is 0. The molecule has 0 aliphatic rings. The van der Waals surface area contributed by atoms with E-state index in [1.54, 1.807) is 19.1 Å². The molecular formula is C29H28F2N4O4S. The molecule has 0 aliphatic heterocycles. The minimum absolute atomic E-state index is 0.282. The first kappa shape index (κ1) is 28.8. The van der Waals surface area contributed by atoms with E-state index in [4.69, 9.17) is 5.73 Å². The zero-order valence-electron chi connectivity index (χ0n) is 21.7. The number of carbonyl (C=O) groups is 2. The lowest BCUT2D eigenvalue weighted by atomic mass is 9.99. The summed E-state index contributed by atoms with van der Waals surface area (Å²) in [5.41, 5.74) is 8.11. The summed E-state index contributed by atoms with van der Waals surface area (Å²) in [5, 5.41) is 7.66. The van der Waals surface area contributed by atoms with Crippen molar-refractivity contribution in [2.24, 2.45) is 5.73 Å². The summed E-state index contributed by atoms with van der Waals surface area (Å²) in [5.74, 6) is -3.19. The van der Waals surface area contributed by atoms with Gasteiger partial charge in [0.05, 0.1) is 17.0 Å². The standard InChI is InChI=1S/C29H28F2N4O4S/c1-17-10-11-22(35-29(37)27(32)16-33-40(38,39)23-13-20(30)12-21(31)14-23)15-26(17)28(36)34-18(2)24-9-5-7-19-6-3-4-8-25(19)24/h3-15,18,27,33H,16,32H2,1-2H3,(H,34,36)(H,35,37)/t18-,27+/m1/s1. The molecule has 0 saturated heterocycles. The van der Waals surface area contributed by atoms with Crippen LogP contribution in [0.4, 0.5) is 14.5 Å². The third kappa shape index (κ3) is 6.68. The molecule has 4 aromatic rings. The first-order chi connectivity index (χ1) is 18.9. The molecule has 0 aromatic heterocycles. The van der Waals surface area contributed by atoms with Gasteiger partial charge in [-0.1, -0.05) is 48.5 Å². The topological polar surface area (TPSA) is 130 Å². The molecule has 0 aliphatic carbocycles. The smallest absolute Gasteiger partial charge is 0.252 e. The number of fused-ring (bicyclic) bond motifs is 1. The normalized spacial score (nSPS) is 13.0. The van der Waals surface area contributed by atoms with Crippen LogP contribution in [0, 0.1) is 18.6 Å². The van der Waals surface area contributed by atoms with Crippen LogP contribution in [0.2, 0.25) is 0 Å². The summed E-state index contributed by atoms with van der Waals surface area (Å²) in [6.07, 6.45) is 0. The molecule has 0 spiro atoms. The van der Waals surface area contributed by atoms with E-state index in [-0.39, 0.29) is 17.6 Å². The van der Waals surface area contributed by atoms with Crippen molar-refractivity contribution >= 4 is 38.3 Å². The van der Waals surface area contributed by atoms with Crippen LogP contribution in [0.15, 0.2) is 83.8 Å². The number of nitrogens with one attached hydrogen (secondary N) is 3. The second-order valence-corrected chi connectivity index (χ2v) is 11.1. The summed E-state index contributed by atoms with van der Waals surface area (Å²) in [6, 6.07) is 18.7. The lowest BCUT2D eigenvalue weighted by Gasteiger charge is -2.18. The van der Waals surface area contributed by atoms with Crippen LogP contribution < -0.4 is 21.1 Å². The average molecular weight is 567 g/mol. The Labute approximate surface area is 230 Å². The number of benzene rings is 4. The third-order valence-corrected chi connectivity index (χ3v) is 7.77. The molecule has 4 aromatic carbocycles. The molecule has 2 atom stereocenters.